The highest BCUT2D eigenvalue weighted by Gasteiger charge is 2.33. The summed E-state index contributed by atoms with van der Waals surface area (Å²) in [6.07, 6.45) is 0.896. The van der Waals surface area contributed by atoms with E-state index < -0.39 is 15.5 Å². The van der Waals surface area contributed by atoms with Gasteiger partial charge < -0.3 is 4.48 Å². The molecule has 5 heteroatoms. The van der Waals surface area contributed by atoms with E-state index in [1.807, 2.05) is 6.92 Å². The molecule has 0 rings (SSSR count). The summed E-state index contributed by atoms with van der Waals surface area (Å²) in [5.74, 6) is 0. The highest BCUT2D eigenvalue weighted by molar-refractivity contribution is 7.86. The van der Waals surface area contributed by atoms with E-state index in [1.54, 1.807) is 14.1 Å². The Morgan fingerprint density at radius 2 is 1.83 bits per heavy atom. The molecule has 1 N–H and O–H groups in total. The maximum absolute atomic E-state index is 10.8. The summed E-state index contributed by atoms with van der Waals surface area (Å²) in [7, 11) is -0.323. The normalized spacial score (nSPS) is 16.1. The minimum Gasteiger partial charge on any atom is -0.312 e. The molecular weight excluding hydrogens is 178 g/mol. The first-order chi connectivity index (χ1) is 5.22. The fraction of sp³-hybridized carbons (Fsp3) is 1.00. The van der Waals surface area contributed by atoms with Crippen LogP contribution in [0.4, 0.5) is 0 Å². The van der Waals surface area contributed by atoms with Crippen molar-refractivity contribution in [2.45, 2.75) is 25.6 Å². The molecule has 74 valence electrons. The molecule has 0 aromatic rings. The van der Waals surface area contributed by atoms with Crippen LogP contribution >= 0.6 is 0 Å². The van der Waals surface area contributed by atoms with Gasteiger partial charge in [0.15, 0.2) is 0 Å². The van der Waals surface area contributed by atoms with Gasteiger partial charge in [-0.15, -0.1) is 0 Å². The highest BCUT2D eigenvalue weighted by atomic mass is 32.2. The molecule has 0 aliphatic heterocycles. The third-order valence-electron chi connectivity index (χ3n) is 2.22. The molecular formula is C7H18NO3S+. The predicted octanol–water partition coefficient (Wildman–Crippen LogP) is 0.707. The molecule has 0 amide bonds. The Labute approximate surface area is 74.5 Å². The lowest BCUT2D eigenvalue weighted by Crippen LogP contribution is -2.51. The van der Waals surface area contributed by atoms with Crippen molar-refractivity contribution in [3.8, 4) is 0 Å². The van der Waals surface area contributed by atoms with E-state index >= 15 is 0 Å². The zero-order valence-electron chi connectivity index (χ0n) is 8.11. The van der Waals surface area contributed by atoms with E-state index in [1.165, 1.54) is 6.92 Å². The highest BCUT2D eigenvalue weighted by Crippen LogP contribution is 2.12. The fourth-order valence-corrected chi connectivity index (χ4v) is 1.95. The second-order valence-electron chi connectivity index (χ2n) is 3.62. The molecule has 0 aromatic heterocycles. The fourth-order valence-electron chi connectivity index (χ4n) is 1.12. The summed E-state index contributed by atoms with van der Waals surface area (Å²) < 4.78 is 30.7. The second-order valence-corrected chi connectivity index (χ2v) is 5.33. The minimum atomic E-state index is -3.91. The zero-order valence-corrected chi connectivity index (χ0v) is 8.93. The van der Waals surface area contributed by atoms with Gasteiger partial charge in [-0.05, 0) is 6.42 Å². The monoisotopic (exact) mass is 196 g/mol. The number of quaternary nitrogens is 1. The third-order valence-corrected chi connectivity index (χ3v) is 3.65. The predicted molar refractivity (Wildman–Crippen MR) is 48.3 cm³/mol. The third kappa shape index (κ3) is 3.08. The van der Waals surface area contributed by atoms with Crippen molar-refractivity contribution in [3.63, 3.8) is 0 Å². The lowest BCUT2D eigenvalue weighted by atomic mass is 10.4. The van der Waals surface area contributed by atoms with E-state index in [0.29, 0.717) is 4.48 Å². The van der Waals surface area contributed by atoms with Crippen LogP contribution in [0.25, 0.3) is 0 Å². The smallest absolute Gasteiger partial charge is 0.312 e. The standard InChI is InChI=1S/C7H17NO3S/c1-5-6-8(3,4)7(2)12(9,10)11/h7H,5-6H2,1-4H3/p+1. The first kappa shape index (κ1) is 11.9. The Hall–Kier alpha value is -0.130. The van der Waals surface area contributed by atoms with Crippen LogP contribution in [0.1, 0.15) is 20.3 Å². The summed E-state index contributed by atoms with van der Waals surface area (Å²) in [6.45, 7) is 4.24. The Morgan fingerprint density at radius 1 is 1.42 bits per heavy atom. The molecule has 0 fully saturated rings. The largest absolute Gasteiger partial charge is 0.319 e. The molecule has 0 aliphatic carbocycles. The summed E-state index contributed by atoms with van der Waals surface area (Å²) in [5.41, 5.74) is 0. The van der Waals surface area contributed by atoms with Crippen LogP contribution < -0.4 is 0 Å². The summed E-state index contributed by atoms with van der Waals surface area (Å²) >= 11 is 0. The van der Waals surface area contributed by atoms with Gasteiger partial charge in [-0.3, -0.25) is 4.55 Å². The van der Waals surface area contributed by atoms with Crippen molar-refractivity contribution in [2.75, 3.05) is 20.6 Å². The molecule has 0 saturated carbocycles. The van der Waals surface area contributed by atoms with Gasteiger partial charge in [0.25, 0.3) is 0 Å². The first-order valence-electron chi connectivity index (χ1n) is 4.00. The van der Waals surface area contributed by atoms with Crippen LogP contribution in [0.2, 0.25) is 0 Å². The van der Waals surface area contributed by atoms with Crippen molar-refractivity contribution in [1.29, 1.82) is 0 Å². The summed E-state index contributed by atoms with van der Waals surface area (Å²) in [6, 6.07) is 0. The van der Waals surface area contributed by atoms with Crippen LogP contribution in [0.3, 0.4) is 0 Å². The van der Waals surface area contributed by atoms with Crippen molar-refractivity contribution in [2.24, 2.45) is 0 Å². The molecule has 0 aliphatic rings. The number of rotatable bonds is 4. The van der Waals surface area contributed by atoms with Gasteiger partial charge in [-0.25, -0.2) is 0 Å². The lowest BCUT2D eigenvalue weighted by molar-refractivity contribution is -0.899. The Balaban J connectivity index is 4.57. The maximum Gasteiger partial charge on any atom is 0.319 e. The number of hydrogen-bond acceptors (Lipinski definition) is 2. The van der Waals surface area contributed by atoms with Crippen LogP contribution in [0.15, 0.2) is 0 Å². The molecule has 4 nitrogen and oxygen atoms in total. The molecule has 1 atom stereocenters. The lowest BCUT2D eigenvalue weighted by Gasteiger charge is -2.33. The molecule has 0 heterocycles. The molecule has 0 bridgehead atoms. The van der Waals surface area contributed by atoms with Gasteiger partial charge in [-0.2, -0.15) is 8.42 Å². The van der Waals surface area contributed by atoms with Crippen LogP contribution in [-0.2, 0) is 10.1 Å². The van der Waals surface area contributed by atoms with Crippen LogP contribution in [0, 0.1) is 0 Å². The molecule has 0 spiro atoms. The summed E-state index contributed by atoms with van der Waals surface area (Å²) in [4.78, 5) is 0. The average molecular weight is 196 g/mol. The number of hydrogen-bond donors (Lipinski definition) is 1. The topological polar surface area (TPSA) is 54.4 Å². The molecule has 12 heavy (non-hydrogen) atoms. The van der Waals surface area contributed by atoms with Gasteiger partial charge >= 0.3 is 10.1 Å². The van der Waals surface area contributed by atoms with Gasteiger partial charge in [0, 0.05) is 6.92 Å². The van der Waals surface area contributed by atoms with Crippen molar-refractivity contribution < 1.29 is 17.5 Å². The SMILES string of the molecule is CCC[N+](C)(C)C(C)S(=O)(=O)O. The summed E-state index contributed by atoms with van der Waals surface area (Å²) in [5, 5.41) is -0.752. The molecule has 0 aromatic carbocycles. The second kappa shape index (κ2) is 3.72. The van der Waals surface area contributed by atoms with E-state index in [2.05, 4.69) is 0 Å². The van der Waals surface area contributed by atoms with Crippen molar-refractivity contribution in [1.82, 2.24) is 0 Å². The van der Waals surface area contributed by atoms with Crippen molar-refractivity contribution in [3.05, 3.63) is 0 Å². The average Bonchev–Trinajstić information content (AvgIpc) is 1.84. The Kier molecular flexibility index (Phi) is 3.68. The Morgan fingerprint density at radius 3 is 2.08 bits per heavy atom. The molecule has 1 unspecified atom stereocenters. The zero-order chi connectivity index (χ0) is 9.99. The van der Waals surface area contributed by atoms with E-state index in [-0.39, 0.29) is 0 Å². The van der Waals surface area contributed by atoms with Gasteiger partial charge in [0.1, 0.15) is 0 Å². The van der Waals surface area contributed by atoms with E-state index in [0.717, 1.165) is 13.0 Å². The Bertz CT molecular complexity index is 233. The minimum absolute atomic E-state index is 0.301. The number of nitrogens with zero attached hydrogens (tertiary/aromatic N) is 1. The van der Waals surface area contributed by atoms with E-state index in [4.69, 9.17) is 4.55 Å². The van der Waals surface area contributed by atoms with Gasteiger partial charge in [-0.1, -0.05) is 6.92 Å². The van der Waals surface area contributed by atoms with Crippen LogP contribution in [0.5, 0.6) is 0 Å². The van der Waals surface area contributed by atoms with E-state index in [9.17, 15) is 8.42 Å². The molecule has 0 radical (unpaired) electrons. The van der Waals surface area contributed by atoms with Gasteiger partial charge in [0.2, 0.25) is 5.37 Å². The van der Waals surface area contributed by atoms with Gasteiger partial charge in [0.05, 0.1) is 20.6 Å². The molecule has 0 saturated heterocycles. The van der Waals surface area contributed by atoms with Crippen molar-refractivity contribution >= 4 is 10.1 Å². The maximum atomic E-state index is 10.8. The van der Waals surface area contributed by atoms with Crippen LogP contribution in [-0.4, -0.2) is 43.5 Å². The first-order valence-corrected chi connectivity index (χ1v) is 5.51. The quantitative estimate of drug-likeness (QED) is 0.532.